The number of rotatable bonds is 10. The quantitative estimate of drug-likeness (QED) is 0.503. The Morgan fingerprint density at radius 1 is 1.13 bits per heavy atom. The minimum absolute atomic E-state index is 0.0981. The number of benzene rings is 1. The first-order valence-corrected chi connectivity index (χ1v) is 11.2. The molecule has 9 heteroatoms. The van der Waals surface area contributed by atoms with E-state index in [1.54, 1.807) is 0 Å². The average molecular weight is 453 g/mol. The number of nitrogens with zero attached hydrogens (tertiary/aromatic N) is 1. The molecule has 0 aliphatic rings. The van der Waals surface area contributed by atoms with Gasteiger partial charge >= 0.3 is 0 Å². The highest BCUT2D eigenvalue weighted by Gasteiger charge is 2.23. The van der Waals surface area contributed by atoms with Crippen molar-refractivity contribution in [3.8, 4) is 0 Å². The zero-order valence-electron chi connectivity index (χ0n) is 18.5. The van der Waals surface area contributed by atoms with Crippen LogP contribution in [0.3, 0.4) is 0 Å². The maximum Gasteiger partial charge on any atom is 0.248 e. The minimum atomic E-state index is -0.769. The molecule has 2 amide bonds. The van der Waals surface area contributed by atoms with E-state index in [9.17, 15) is 18.4 Å². The van der Waals surface area contributed by atoms with Crippen LogP contribution in [-0.4, -0.2) is 28.9 Å². The van der Waals surface area contributed by atoms with Gasteiger partial charge in [-0.2, -0.15) is 0 Å². The molecule has 0 saturated heterocycles. The van der Waals surface area contributed by atoms with Gasteiger partial charge in [0.05, 0.1) is 12.1 Å². The van der Waals surface area contributed by atoms with Crippen LogP contribution in [0.2, 0.25) is 0 Å². The molecule has 6 nitrogen and oxygen atoms in total. The van der Waals surface area contributed by atoms with Crippen molar-refractivity contribution in [2.45, 2.75) is 72.0 Å². The number of halogens is 2. The SMILES string of the molecule is CCCC(NC(=O)Cc1cc(F)cc(F)c1)C(=O)Nc1nc(C)c(C(C)NC(C)C)s1. The molecule has 170 valence electrons. The molecule has 31 heavy (non-hydrogen) atoms. The molecule has 3 N–H and O–H groups in total. The zero-order chi connectivity index (χ0) is 23.1. The molecule has 0 fully saturated rings. The van der Waals surface area contributed by atoms with Gasteiger partial charge in [-0.05, 0) is 38.0 Å². The number of amides is 2. The van der Waals surface area contributed by atoms with E-state index >= 15 is 0 Å². The second kappa shape index (κ2) is 11.3. The zero-order valence-corrected chi connectivity index (χ0v) is 19.3. The van der Waals surface area contributed by atoms with E-state index in [1.165, 1.54) is 11.3 Å². The van der Waals surface area contributed by atoms with Crippen LogP contribution in [0.5, 0.6) is 0 Å². The molecule has 0 aliphatic heterocycles. The number of carbonyl (C=O) groups excluding carboxylic acids is 2. The Hall–Kier alpha value is -2.39. The summed E-state index contributed by atoms with van der Waals surface area (Å²) in [4.78, 5) is 30.6. The van der Waals surface area contributed by atoms with Crippen molar-refractivity contribution in [2.24, 2.45) is 0 Å². The normalized spacial score (nSPS) is 13.2. The summed E-state index contributed by atoms with van der Waals surface area (Å²) in [6, 6.07) is 2.59. The van der Waals surface area contributed by atoms with E-state index in [2.05, 4.69) is 34.8 Å². The highest BCUT2D eigenvalue weighted by molar-refractivity contribution is 7.16. The van der Waals surface area contributed by atoms with Gasteiger partial charge in [-0.3, -0.25) is 9.59 Å². The number of aromatic nitrogens is 1. The molecule has 0 bridgehead atoms. The summed E-state index contributed by atoms with van der Waals surface area (Å²) in [5, 5.41) is 9.34. The maximum absolute atomic E-state index is 13.3. The fraction of sp³-hybridized carbons (Fsp3) is 0.500. The third-order valence-electron chi connectivity index (χ3n) is 4.56. The van der Waals surface area contributed by atoms with Gasteiger partial charge in [-0.1, -0.05) is 38.5 Å². The predicted octanol–water partition coefficient (Wildman–Crippen LogP) is 4.25. The second-order valence-electron chi connectivity index (χ2n) is 7.86. The van der Waals surface area contributed by atoms with Gasteiger partial charge in [-0.25, -0.2) is 13.8 Å². The van der Waals surface area contributed by atoms with Gasteiger partial charge < -0.3 is 16.0 Å². The minimum Gasteiger partial charge on any atom is -0.344 e. The van der Waals surface area contributed by atoms with Gasteiger partial charge in [0.25, 0.3) is 0 Å². The van der Waals surface area contributed by atoms with Gasteiger partial charge in [0.2, 0.25) is 11.8 Å². The van der Waals surface area contributed by atoms with Crippen molar-refractivity contribution in [1.29, 1.82) is 0 Å². The standard InChI is InChI=1S/C22H30F2N4O2S/c1-6-7-18(27-19(29)10-15-8-16(23)11-17(24)9-15)21(30)28-22-26-14(5)20(31-22)13(4)25-12(2)3/h8-9,11-13,18,25H,6-7,10H2,1-5H3,(H,27,29)(H,26,28,30). The van der Waals surface area contributed by atoms with Crippen LogP contribution in [0.4, 0.5) is 13.9 Å². The number of anilines is 1. The molecule has 0 radical (unpaired) electrons. The fourth-order valence-electron chi connectivity index (χ4n) is 3.33. The monoisotopic (exact) mass is 452 g/mol. The van der Waals surface area contributed by atoms with E-state index in [0.29, 0.717) is 24.0 Å². The van der Waals surface area contributed by atoms with Crippen LogP contribution in [-0.2, 0) is 16.0 Å². The largest absolute Gasteiger partial charge is 0.344 e. The molecule has 2 atom stereocenters. The van der Waals surface area contributed by atoms with Gasteiger partial charge in [0, 0.05) is 23.0 Å². The molecule has 1 aromatic heterocycles. The van der Waals surface area contributed by atoms with Crippen LogP contribution in [0.1, 0.15) is 62.7 Å². The van der Waals surface area contributed by atoms with Crippen molar-refractivity contribution in [2.75, 3.05) is 5.32 Å². The topological polar surface area (TPSA) is 83.1 Å². The van der Waals surface area contributed by atoms with Crippen molar-refractivity contribution in [1.82, 2.24) is 15.6 Å². The number of thiazole rings is 1. The number of aryl methyl sites for hydroxylation is 1. The Labute approximate surface area is 185 Å². The molecule has 0 aliphatic carbocycles. The lowest BCUT2D eigenvalue weighted by molar-refractivity contribution is -0.126. The van der Waals surface area contributed by atoms with Gasteiger partial charge in [-0.15, -0.1) is 0 Å². The molecule has 2 rings (SSSR count). The van der Waals surface area contributed by atoms with Crippen LogP contribution in [0, 0.1) is 18.6 Å². The molecular weight excluding hydrogens is 422 g/mol. The predicted molar refractivity (Wildman–Crippen MR) is 119 cm³/mol. The molecular formula is C22H30F2N4O2S. The highest BCUT2D eigenvalue weighted by atomic mass is 32.1. The lowest BCUT2D eigenvalue weighted by Crippen LogP contribution is -2.44. The van der Waals surface area contributed by atoms with Crippen LogP contribution in [0.25, 0.3) is 0 Å². The lowest BCUT2D eigenvalue weighted by atomic mass is 10.1. The number of nitrogens with one attached hydrogen (secondary N) is 3. The van der Waals surface area contributed by atoms with Crippen molar-refractivity contribution in [3.63, 3.8) is 0 Å². The fourth-order valence-corrected chi connectivity index (χ4v) is 4.31. The van der Waals surface area contributed by atoms with Crippen LogP contribution in [0.15, 0.2) is 18.2 Å². The van der Waals surface area contributed by atoms with Gasteiger partial charge in [0.1, 0.15) is 17.7 Å². The summed E-state index contributed by atoms with van der Waals surface area (Å²) >= 11 is 1.40. The first kappa shape index (κ1) is 24.9. The van der Waals surface area contributed by atoms with Crippen LogP contribution >= 0.6 is 11.3 Å². The highest BCUT2D eigenvalue weighted by Crippen LogP contribution is 2.28. The Morgan fingerprint density at radius 3 is 2.35 bits per heavy atom. The molecule has 2 aromatic rings. The lowest BCUT2D eigenvalue weighted by Gasteiger charge is -2.17. The van der Waals surface area contributed by atoms with Crippen molar-refractivity contribution >= 4 is 28.3 Å². The second-order valence-corrected chi connectivity index (χ2v) is 8.89. The third kappa shape index (κ3) is 7.66. The summed E-state index contributed by atoms with van der Waals surface area (Å²) in [6.45, 7) is 9.96. The van der Waals surface area contributed by atoms with E-state index in [4.69, 9.17) is 0 Å². The molecule has 0 saturated carbocycles. The van der Waals surface area contributed by atoms with E-state index in [1.807, 2.05) is 20.8 Å². The van der Waals surface area contributed by atoms with Crippen molar-refractivity contribution < 1.29 is 18.4 Å². The maximum atomic E-state index is 13.3. The first-order chi connectivity index (χ1) is 14.6. The molecule has 1 aromatic carbocycles. The Bertz CT molecular complexity index is 897. The molecule has 0 spiro atoms. The summed E-state index contributed by atoms with van der Waals surface area (Å²) in [6.07, 6.45) is 0.878. The number of hydrogen-bond donors (Lipinski definition) is 3. The van der Waals surface area contributed by atoms with Crippen LogP contribution < -0.4 is 16.0 Å². The molecule has 1 heterocycles. The average Bonchev–Trinajstić information content (AvgIpc) is 3.00. The van der Waals surface area contributed by atoms with Crippen molar-refractivity contribution in [3.05, 3.63) is 46.0 Å². The van der Waals surface area contributed by atoms with E-state index < -0.39 is 23.6 Å². The summed E-state index contributed by atoms with van der Waals surface area (Å²) in [5.41, 5.74) is 1.04. The first-order valence-electron chi connectivity index (χ1n) is 10.4. The summed E-state index contributed by atoms with van der Waals surface area (Å²) in [5.74, 6) is -2.35. The number of carbonyl (C=O) groups is 2. The Balaban J connectivity index is 2.04. The third-order valence-corrected chi connectivity index (χ3v) is 5.81. The van der Waals surface area contributed by atoms with E-state index in [0.717, 1.165) is 28.8 Å². The van der Waals surface area contributed by atoms with Gasteiger partial charge in [0.15, 0.2) is 5.13 Å². The van der Waals surface area contributed by atoms with E-state index in [-0.39, 0.29) is 23.9 Å². The Kier molecular flexibility index (Phi) is 9.06. The number of hydrogen-bond acceptors (Lipinski definition) is 5. The molecule has 2 unspecified atom stereocenters. The summed E-state index contributed by atoms with van der Waals surface area (Å²) in [7, 11) is 0. The Morgan fingerprint density at radius 2 is 1.77 bits per heavy atom. The smallest absolute Gasteiger partial charge is 0.248 e. The summed E-state index contributed by atoms with van der Waals surface area (Å²) < 4.78 is 26.7.